The minimum absolute atomic E-state index is 0.149. The molecule has 0 heterocycles. The topological polar surface area (TPSA) is 12.0 Å². The molecule has 0 aliphatic carbocycles. The van der Waals surface area contributed by atoms with E-state index in [0.717, 1.165) is 16.8 Å². The zero-order valence-electron chi connectivity index (χ0n) is 12.8. The van der Waals surface area contributed by atoms with E-state index in [-0.39, 0.29) is 6.04 Å². The molecule has 0 spiro atoms. The summed E-state index contributed by atoms with van der Waals surface area (Å²) < 4.78 is 0. The van der Waals surface area contributed by atoms with Gasteiger partial charge in [-0.15, -0.1) is 0 Å². The third-order valence-electron chi connectivity index (χ3n) is 3.49. The molecule has 0 fully saturated rings. The van der Waals surface area contributed by atoms with Crippen molar-refractivity contribution in [2.24, 2.45) is 0 Å². The Hall–Kier alpha value is -2.40. The van der Waals surface area contributed by atoms with Crippen LogP contribution in [0.15, 0.2) is 78.9 Å². The summed E-state index contributed by atoms with van der Waals surface area (Å²) in [6.07, 6.45) is 0. The predicted octanol–water partition coefficient (Wildman–Crippen LogP) is 6.20. The third-order valence-corrected chi connectivity index (χ3v) is 4.00. The smallest absolute Gasteiger partial charge is 0.114 e. The summed E-state index contributed by atoms with van der Waals surface area (Å²) in [4.78, 5) is 0. The zero-order chi connectivity index (χ0) is 16.8. The SMILES string of the molecule is Clc1ccc(NC(C#Cc2ccccc2)c2ccc(Cl)cc2)cc1. The predicted molar refractivity (Wildman–Crippen MR) is 103 cm³/mol. The molecule has 0 amide bonds. The van der Waals surface area contributed by atoms with Gasteiger partial charge in [0, 0.05) is 21.3 Å². The first-order valence-corrected chi connectivity index (χ1v) is 8.30. The van der Waals surface area contributed by atoms with Crippen LogP contribution in [0.25, 0.3) is 0 Å². The average Bonchev–Trinajstić information content (AvgIpc) is 2.62. The molecule has 24 heavy (non-hydrogen) atoms. The Morgan fingerprint density at radius 2 is 1.29 bits per heavy atom. The summed E-state index contributed by atoms with van der Waals surface area (Å²) >= 11 is 11.9. The standard InChI is InChI=1S/C21H15Cl2N/c22-18-9-7-17(8-10-18)21(15-6-16-4-2-1-3-5-16)24-20-13-11-19(23)12-14-20/h1-5,7-14,21,24H. The Morgan fingerprint density at radius 3 is 1.92 bits per heavy atom. The largest absolute Gasteiger partial charge is 0.368 e. The van der Waals surface area contributed by atoms with Crippen molar-refractivity contribution in [3.05, 3.63) is 100 Å². The van der Waals surface area contributed by atoms with Crippen LogP contribution < -0.4 is 5.32 Å². The maximum atomic E-state index is 6.00. The van der Waals surface area contributed by atoms with Crippen molar-refractivity contribution in [1.82, 2.24) is 0 Å². The molecule has 1 N–H and O–H groups in total. The van der Waals surface area contributed by atoms with Crippen LogP contribution in [0.4, 0.5) is 5.69 Å². The Balaban J connectivity index is 1.90. The molecule has 0 aliphatic heterocycles. The van der Waals surface area contributed by atoms with Crippen LogP contribution in [0.3, 0.4) is 0 Å². The summed E-state index contributed by atoms with van der Waals surface area (Å²) in [6.45, 7) is 0. The van der Waals surface area contributed by atoms with Crippen molar-refractivity contribution >= 4 is 28.9 Å². The molecule has 3 rings (SSSR count). The molecule has 1 unspecified atom stereocenters. The lowest BCUT2D eigenvalue weighted by Gasteiger charge is -2.15. The van der Waals surface area contributed by atoms with Crippen LogP contribution in [0, 0.1) is 11.8 Å². The summed E-state index contributed by atoms with van der Waals surface area (Å²) in [5.74, 6) is 6.52. The quantitative estimate of drug-likeness (QED) is 0.554. The van der Waals surface area contributed by atoms with Gasteiger partial charge >= 0.3 is 0 Å². The van der Waals surface area contributed by atoms with Gasteiger partial charge in [0.15, 0.2) is 0 Å². The lowest BCUT2D eigenvalue weighted by Crippen LogP contribution is -2.08. The lowest BCUT2D eigenvalue weighted by atomic mass is 10.1. The minimum Gasteiger partial charge on any atom is -0.368 e. The maximum Gasteiger partial charge on any atom is 0.114 e. The minimum atomic E-state index is -0.149. The summed E-state index contributed by atoms with van der Waals surface area (Å²) in [5, 5.41) is 4.85. The Morgan fingerprint density at radius 1 is 0.708 bits per heavy atom. The Kier molecular flexibility index (Phi) is 5.43. The molecular weight excluding hydrogens is 337 g/mol. The summed E-state index contributed by atoms with van der Waals surface area (Å²) in [5.41, 5.74) is 2.99. The molecular formula is C21H15Cl2N. The van der Waals surface area contributed by atoms with Gasteiger partial charge in [0.1, 0.15) is 6.04 Å². The molecule has 118 valence electrons. The number of halogens is 2. The monoisotopic (exact) mass is 351 g/mol. The molecule has 0 aliphatic rings. The molecule has 0 radical (unpaired) electrons. The highest BCUT2D eigenvalue weighted by Gasteiger charge is 2.08. The van der Waals surface area contributed by atoms with E-state index in [2.05, 4.69) is 17.2 Å². The van der Waals surface area contributed by atoms with E-state index in [9.17, 15) is 0 Å². The van der Waals surface area contributed by atoms with Crippen molar-refractivity contribution in [2.75, 3.05) is 5.32 Å². The summed E-state index contributed by atoms with van der Waals surface area (Å²) in [7, 11) is 0. The average molecular weight is 352 g/mol. The zero-order valence-corrected chi connectivity index (χ0v) is 14.4. The van der Waals surface area contributed by atoms with E-state index in [0.29, 0.717) is 10.0 Å². The highest BCUT2D eigenvalue weighted by Crippen LogP contribution is 2.22. The molecule has 1 nitrogen and oxygen atoms in total. The highest BCUT2D eigenvalue weighted by molar-refractivity contribution is 6.30. The molecule has 3 aromatic rings. The second-order valence-electron chi connectivity index (χ2n) is 5.27. The number of nitrogens with one attached hydrogen (secondary N) is 1. The van der Waals surface area contributed by atoms with Crippen LogP contribution in [0.2, 0.25) is 10.0 Å². The van der Waals surface area contributed by atoms with Gasteiger partial charge in [-0.25, -0.2) is 0 Å². The van der Waals surface area contributed by atoms with Gasteiger partial charge in [0.25, 0.3) is 0 Å². The van der Waals surface area contributed by atoms with E-state index in [1.165, 1.54) is 0 Å². The number of rotatable bonds is 3. The van der Waals surface area contributed by atoms with Crippen molar-refractivity contribution < 1.29 is 0 Å². The van der Waals surface area contributed by atoms with E-state index < -0.39 is 0 Å². The normalized spacial score (nSPS) is 11.2. The number of hydrogen-bond donors (Lipinski definition) is 1. The van der Waals surface area contributed by atoms with Crippen LogP contribution in [-0.2, 0) is 0 Å². The lowest BCUT2D eigenvalue weighted by molar-refractivity contribution is 1.02. The fraction of sp³-hybridized carbons (Fsp3) is 0.0476. The van der Waals surface area contributed by atoms with Gasteiger partial charge in [-0.3, -0.25) is 0 Å². The van der Waals surface area contributed by atoms with Gasteiger partial charge in [-0.2, -0.15) is 0 Å². The number of benzene rings is 3. The molecule has 3 aromatic carbocycles. The maximum absolute atomic E-state index is 6.00. The number of anilines is 1. The summed E-state index contributed by atoms with van der Waals surface area (Å²) in [6, 6.07) is 25.1. The van der Waals surface area contributed by atoms with Gasteiger partial charge < -0.3 is 5.32 Å². The first kappa shape index (κ1) is 16.5. The van der Waals surface area contributed by atoms with Crippen LogP contribution >= 0.6 is 23.2 Å². The fourth-order valence-electron chi connectivity index (χ4n) is 2.25. The van der Waals surface area contributed by atoms with Crippen LogP contribution in [0.5, 0.6) is 0 Å². The second-order valence-corrected chi connectivity index (χ2v) is 6.14. The van der Waals surface area contributed by atoms with E-state index in [1.54, 1.807) is 0 Å². The number of hydrogen-bond acceptors (Lipinski definition) is 1. The van der Waals surface area contributed by atoms with Crippen molar-refractivity contribution in [1.29, 1.82) is 0 Å². The first-order valence-electron chi connectivity index (χ1n) is 7.55. The molecule has 0 saturated heterocycles. The molecule has 1 atom stereocenters. The molecule has 0 aromatic heterocycles. The fourth-order valence-corrected chi connectivity index (χ4v) is 2.50. The second kappa shape index (κ2) is 7.93. The van der Waals surface area contributed by atoms with Gasteiger partial charge in [-0.05, 0) is 54.1 Å². The van der Waals surface area contributed by atoms with E-state index in [4.69, 9.17) is 23.2 Å². The third kappa shape index (κ3) is 4.55. The molecule has 0 saturated carbocycles. The van der Waals surface area contributed by atoms with Crippen LogP contribution in [0.1, 0.15) is 17.2 Å². The van der Waals surface area contributed by atoms with Gasteiger partial charge in [0.05, 0.1) is 0 Å². The van der Waals surface area contributed by atoms with E-state index in [1.807, 2.05) is 78.9 Å². The Bertz CT molecular complexity index is 844. The van der Waals surface area contributed by atoms with Crippen molar-refractivity contribution in [2.45, 2.75) is 6.04 Å². The Labute approximate surface area is 152 Å². The first-order chi connectivity index (χ1) is 11.7. The molecule has 0 bridgehead atoms. The van der Waals surface area contributed by atoms with Crippen molar-refractivity contribution in [3.63, 3.8) is 0 Å². The highest BCUT2D eigenvalue weighted by atomic mass is 35.5. The van der Waals surface area contributed by atoms with Gasteiger partial charge in [0.2, 0.25) is 0 Å². The van der Waals surface area contributed by atoms with Crippen molar-refractivity contribution in [3.8, 4) is 11.8 Å². The van der Waals surface area contributed by atoms with E-state index >= 15 is 0 Å². The van der Waals surface area contributed by atoms with Gasteiger partial charge in [-0.1, -0.05) is 65.4 Å². The van der Waals surface area contributed by atoms with Crippen LogP contribution in [-0.4, -0.2) is 0 Å². The molecule has 3 heteroatoms.